The first-order valence-electron chi connectivity index (χ1n) is 14.7. The van der Waals surface area contributed by atoms with Crippen LogP contribution >= 0.6 is 0 Å². The van der Waals surface area contributed by atoms with Crippen molar-refractivity contribution in [1.29, 1.82) is 0 Å². The van der Waals surface area contributed by atoms with E-state index in [1.165, 1.54) is 0 Å². The largest absolute Gasteiger partial charge is 0.468 e. The number of ether oxygens (including phenoxy) is 6. The third-order valence-corrected chi connectivity index (χ3v) is 9.46. The van der Waals surface area contributed by atoms with E-state index in [0.717, 1.165) is 64.9 Å². The van der Waals surface area contributed by atoms with Gasteiger partial charge < -0.3 is 28.4 Å². The molecule has 2 aromatic carbocycles. The standard InChI is InChI=1S/C34H34N2O12/c1-43-25(37)21-17-35(31(41)47-5)27-33(29(39)45-3,23(21)19-13-9-7-10-14-19)28-34(27,30(40)46-4)24(20-15-11-8-12-16-20)22(26(38)44-2)18-36(28)32(42)48-6/h7-18,23-24,27-28H,1-6H3/t23-,24-,27?,28?,33?,34?/m0/s1. The fourth-order valence-corrected chi connectivity index (χ4v) is 8.00. The van der Waals surface area contributed by atoms with Crippen LogP contribution in [0.4, 0.5) is 9.59 Å². The number of carbonyl (C=O) groups excluding carboxylic acids is 6. The minimum Gasteiger partial charge on any atom is -0.468 e. The molecule has 2 aliphatic heterocycles. The fraction of sp³-hybridized carbons (Fsp3) is 0.353. The number of amides is 2. The number of benzene rings is 2. The van der Waals surface area contributed by atoms with Crippen molar-refractivity contribution >= 4 is 36.1 Å². The number of fused-ring (bicyclic) bond motifs is 4. The summed E-state index contributed by atoms with van der Waals surface area (Å²) >= 11 is 0. The van der Waals surface area contributed by atoms with Gasteiger partial charge in [0.25, 0.3) is 0 Å². The Morgan fingerprint density at radius 3 is 1.10 bits per heavy atom. The molecular formula is C34H34N2O12. The second-order valence-electron chi connectivity index (χ2n) is 11.2. The van der Waals surface area contributed by atoms with E-state index in [0.29, 0.717) is 11.1 Å². The van der Waals surface area contributed by atoms with Gasteiger partial charge in [-0.25, -0.2) is 19.2 Å². The normalized spacial score (nSPS) is 27.0. The minimum absolute atomic E-state index is 0.182. The van der Waals surface area contributed by atoms with Crippen molar-refractivity contribution in [3.63, 3.8) is 0 Å². The average Bonchev–Trinajstić information content (AvgIpc) is 3.13. The van der Waals surface area contributed by atoms with Crippen molar-refractivity contribution in [3.8, 4) is 0 Å². The van der Waals surface area contributed by atoms with Gasteiger partial charge in [-0.2, -0.15) is 0 Å². The summed E-state index contributed by atoms with van der Waals surface area (Å²) in [6, 6.07) is 13.5. The lowest BCUT2D eigenvalue weighted by Gasteiger charge is -2.73. The van der Waals surface area contributed by atoms with Crippen LogP contribution < -0.4 is 0 Å². The molecule has 14 nitrogen and oxygen atoms in total. The summed E-state index contributed by atoms with van der Waals surface area (Å²) in [5.74, 6) is -6.43. The van der Waals surface area contributed by atoms with E-state index < -0.39 is 70.8 Å². The highest BCUT2D eigenvalue weighted by atomic mass is 16.6. The molecule has 2 heterocycles. The summed E-state index contributed by atoms with van der Waals surface area (Å²) < 4.78 is 31.5. The van der Waals surface area contributed by atoms with Gasteiger partial charge in [0.2, 0.25) is 0 Å². The van der Waals surface area contributed by atoms with Crippen LogP contribution in [-0.2, 0) is 47.6 Å². The molecule has 0 radical (unpaired) electrons. The molecular weight excluding hydrogens is 628 g/mol. The zero-order valence-corrected chi connectivity index (χ0v) is 27.0. The van der Waals surface area contributed by atoms with Crippen molar-refractivity contribution < 1.29 is 57.2 Å². The van der Waals surface area contributed by atoms with Gasteiger partial charge in [0.15, 0.2) is 0 Å². The molecule has 14 heteroatoms. The zero-order valence-electron chi connectivity index (χ0n) is 27.0. The van der Waals surface area contributed by atoms with E-state index in [1.807, 2.05) is 0 Å². The summed E-state index contributed by atoms with van der Waals surface area (Å²) in [5.41, 5.74) is -3.91. The van der Waals surface area contributed by atoms with Crippen molar-refractivity contribution in [1.82, 2.24) is 9.80 Å². The summed E-state index contributed by atoms with van der Waals surface area (Å²) in [5, 5.41) is 0. The third kappa shape index (κ3) is 4.46. The summed E-state index contributed by atoms with van der Waals surface area (Å²) in [6.45, 7) is 0. The van der Waals surface area contributed by atoms with Crippen LogP contribution in [0.3, 0.4) is 0 Å². The Kier molecular flexibility index (Phi) is 9.02. The van der Waals surface area contributed by atoms with E-state index in [9.17, 15) is 28.8 Å². The van der Waals surface area contributed by atoms with Crippen LogP contribution in [0, 0.1) is 10.8 Å². The maximum atomic E-state index is 14.7. The van der Waals surface area contributed by atoms with E-state index in [2.05, 4.69) is 0 Å². The van der Waals surface area contributed by atoms with Crippen molar-refractivity contribution in [3.05, 3.63) is 95.3 Å². The molecule has 2 aromatic rings. The summed E-state index contributed by atoms with van der Waals surface area (Å²) in [7, 11) is 6.61. The molecule has 3 aliphatic rings. The van der Waals surface area contributed by atoms with Gasteiger partial charge in [0.05, 0.1) is 65.9 Å². The first-order chi connectivity index (χ1) is 23.1. The Labute approximate surface area is 275 Å². The molecule has 0 bridgehead atoms. The molecule has 0 saturated heterocycles. The smallest absolute Gasteiger partial charge is 0.413 e. The van der Waals surface area contributed by atoms with Crippen molar-refractivity contribution in [2.45, 2.75) is 23.9 Å². The number of methoxy groups -OCH3 is 6. The predicted molar refractivity (Wildman–Crippen MR) is 164 cm³/mol. The van der Waals surface area contributed by atoms with Gasteiger partial charge in [-0.3, -0.25) is 19.4 Å². The number of hydrogen-bond acceptors (Lipinski definition) is 12. The van der Waals surface area contributed by atoms with Crippen LogP contribution in [0.5, 0.6) is 0 Å². The summed E-state index contributed by atoms with van der Waals surface area (Å²) in [6.07, 6.45) is 0.160. The van der Waals surface area contributed by atoms with E-state index >= 15 is 0 Å². The van der Waals surface area contributed by atoms with E-state index in [-0.39, 0.29) is 11.1 Å². The van der Waals surface area contributed by atoms with Gasteiger partial charge in [-0.1, -0.05) is 60.7 Å². The number of carbonyl (C=O) groups is 6. The van der Waals surface area contributed by atoms with Gasteiger partial charge in [0, 0.05) is 24.2 Å². The lowest BCUT2D eigenvalue weighted by molar-refractivity contribution is -0.239. The molecule has 0 aromatic heterocycles. The number of nitrogens with zero attached hydrogens (tertiary/aromatic N) is 2. The van der Waals surface area contributed by atoms with Crippen LogP contribution in [0.2, 0.25) is 0 Å². The zero-order chi connectivity index (χ0) is 35.0. The van der Waals surface area contributed by atoms with Crippen LogP contribution in [0.15, 0.2) is 84.2 Å². The van der Waals surface area contributed by atoms with Crippen LogP contribution in [-0.4, -0.2) is 101 Å². The van der Waals surface area contributed by atoms with Gasteiger partial charge in [0.1, 0.15) is 10.8 Å². The monoisotopic (exact) mass is 662 g/mol. The molecule has 2 amide bonds. The van der Waals surface area contributed by atoms with Crippen molar-refractivity contribution in [2.75, 3.05) is 42.7 Å². The Morgan fingerprint density at radius 1 is 0.500 bits per heavy atom. The Bertz CT molecular complexity index is 1570. The molecule has 5 rings (SSSR count). The molecule has 0 N–H and O–H groups in total. The van der Waals surface area contributed by atoms with Gasteiger partial charge in [-0.15, -0.1) is 0 Å². The predicted octanol–water partition coefficient (Wildman–Crippen LogP) is 2.90. The Hall–Kier alpha value is -5.66. The molecule has 252 valence electrons. The maximum Gasteiger partial charge on any atom is 0.413 e. The number of rotatable bonds is 6. The molecule has 1 saturated carbocycles. The summed E-state index contributed by atoms with van der Waals surface area (Å²) in [4.78, 5) is 86.1. The van der Waals surface area contributed by atoms with E-state index in [1.54, 1.807) is 60.7 Å². The highest BCUT2D eigenvalue weighted by molar-refractivity contribution is 6.03. The molecule has 1 aliphatic carbocycles. The SMILES string of the molecule is COC(=O)C1=CN(C(=O)OC)C2C(C(=O)OC)(C3N(C(=O)OC)C=C(C(=O)OC)[C@H](c4ccccc4)C23C(=O)OC)[C@H]1c1ccccc1. The van der Waals surface area contributed by atoms with Gasteiger partial charge in [-0.05, 0) is 11.1 Å². The third-order valence-electron chi connectivity index (χ3n) is 9.46. The molecule has 0 atom stereocenters. The first kappa shape index (κ1) is 33.7. The van der Waals surface area contributed by atoms with Gasteiger partial charge >= 0.3 is 36.1 Å². The number of esters is 4. The molecule has 0 spiro atoms. The van der Waals surface area contributed by atoms with Crippen LogP contribution in [0.25, 0.3) is 0 Å². The molecule has 0 unspecified atom stereocenters. The topological polar surface area (TPSA) is 164 Å². The molecule has 48 heavy (non-hydrogen) atoms. The number of hydrogen-bond donors (Lipinski definition) is 0. The highest BCUT2D eigenvalue weighted by Gasteiger charge is 2.89. The quantitative estimate of drug-likeness (QED) is 0.329. The Balaban J connectivity index is 2.05. The van der Waals surface area contributed by atoms with Crippen LogP contribution in [0.1, 0.15) is 23.0 Å². The molecule has 1 fully saturated rings. The van der Waals surface area contributed by atoms with E-state index in [4.69, 9.17) is 28.4 Å². The lowest BCUT2D eigenvalue weighted by Crippen LogP contribution is -2.89. The highest BCUT2D eigenvalue weighted by Crippen LogP contribution is 2.74. The van der Waals surface area contributed by atoms with Crippen molar-refractivity contribution in [2.24, 2.45) is 10.8 Å². The minimum atomic E-state index is -2.16. The lowest BCUT2D eigenvalue weighted by atomic mass is 9.34. The maximum absolute atomic E-state index is 14.7. The first-order valence-corrected chi connectivity index (χ1v) is 14.7. The second-order valence-corrected chi connectivity index (χ2v) is 11.2. The average molecular weight is 663 g/mol. The Morgan fingerprint density at radius 2 is 0.833 bits per heavy atom. The second kappa shape index (κ2) is 12.9. The fourth-order valence-electron chi connectivity index (χ4n) is 8.00.